The summed E-state index contributed by atoms with van der Waals surface area (Å²) in [5, 5.41) is 21.6. The molecule has 0 aliphatic carbocycles. The average Bonchev–Trinajstić information content (AvgIpc) is 3.43. The highest BCUT2D eigenvalue weighted by atomic mass is 16.6. The number of carbonyl (C=O) groups excluding carboxylic acids is 1. The normalized spacial score (nSPS) is 16.4. The Balaban J connectivity index is 1.40. The van der Waals surface area contributed by atoms with E-state index in [9.17, 15) is 14.9 Å². The van der Waals surface area contributed by atoms with Gasteiger partial charge in [0.25, 0.3) is 5.69 Å². The molecular weight excluding hydrogens is 506 g/mol. The highest BCUT2D eigenvalue weighted by molar-refractivity contribution is 5.93. The second kappa shape index (κ2) is 10.4. The van der Waals surface area contributed by atoms with Crippen molar-refractivity contribution in [2.75, 3.05) is 24.5 Å². The van der Waals surface area contributed by atoms with Crippen LogP contribution in [0.5, 0.6) is 0 Å². The Hall–Kier alpha value is -4.86. The van der Waals surface area contributed by atoms with Crippen LogP contribution in [0.3, 0.4) is 0 Å². The van der Waals surface area contributed by atoms with E-state index >= 15 is 0 Å². The second-order valence-electron chi connectivity index (χ2n) is 10.1. The summed E-state index contributed by atoms with van der Waals surface area (Å²) in [5.74, 6) is 0.892. The number of rotatable bonds is 6. The molecule has 0 unspecified atom stereocenters. The molecule has 0 N–H and O–H groups in total. The molecule has 1 aliphatic rings. The van der Waals surface area contributed by atoms with Gasteiger partial charge in [-0.2, -0.15) is 0 Å². The van der Waals surface area contributed by atoms with Crippen LogP contribution in [0.4, 0.5) is 11.6 Å². The molecule has 0 spiro atoms. The van der Waals surface area contributed by atoms with Crippen LogP contribution in [0.2, 0.25) is 0 Å². The zero-order valence-corrected chi connectivity index (χ0v) is 22.3. The summed E-state index contributed by atoms with van der Waals surface area (Å²) >= 11 is 0. The molecule has 1 amide bonds. The Morgan fingerprint density at radius 3 is 2.48 bits per heavy atom. The van der Waals surface area contributed by atoms with Crippen LogP contribution in [-0.2, 0) is 4.79 Å². The van der Waals surface area contributed by atoms with Gasteiger partial charge in [0.05, 0.1) is 21.9 Å². The van der Waals surface area contributed by atoms with Crippen molar-refractivity contribution in [1.82, 2.24) is 24.5 Å². The maximum atomic E-state index is 13.7. The van der Waals surface area contributed by atoms with Crippen LogP contribution < -0.4 is 4.90 Å². The topological polar surface area (TPSA) is 110 Å². The lowest BCUT2D eigenvalue weighted by molar-refractivity contribution is -0.384. The number of hydrogen-bond donors (Lipinski definition) is 0. The van der Waals surface area contributed by atoms with E-state index in [-0.39, 0.29) is 23.6 Å². The van der Waals surface area contributed by atoms with Crippen LogP contribution in [0.25, 0.3) is 27.9 Å². The average molecular weight is 536 g/mol. The Kier molecular flexibility index (Phi) is 6.59. The van der Waals surface area contributed by atoms with Crippen LogP contribution in [0, 0.1) is 10.1 Å². The number of para-hydroxylation sites is 2. The van der Waals surface area contributed by atoms with Crippen molar-refractivity contribution >= 4 is 34.1 Å². The number of hydrogen-bond acceptors (Lipinski definition) is 7. The highest BCUT2D eigenvalue weighted by Crippen LogP contribution is 2.34. The van der Waals surface area contributed by atoms with Gasteiger partial charge in [-0.25, -0.2) is 9.38 Å². The van der Waals surface area contributed by atoms with Gasteiger partial charge in [0.2, 0.25) is 11.9 Å². The minimum atomic E-state index is -0.409. The predicted octanol–water partition coefficient (Wildman–Crippen LogP) is 5.08. The third-order valence-electron chi connectivity index (χ3n) is 7.67. The molecule has 3 heterocycles. The molecule has 2 aromatic heterocycles. The summed E-state index contributed by atoms with van der Waals surface area (Å²) in [6, 6.07) is 24.1. The van der Waals surface area contributed by atoms with Gasteiger partial charge < -0.3 is 9.80 Å². The zero-order chi connectivity index (χ0) is 27.8. The summed E-state index contributed by atoms with van der Waals surface area (Å²) in [6.45, 7) is 5.72. The molecule has 5 aromatic rings. The summed E-state index contributed by atoms with van der Waals surface area (Å²) < 4.78 is 1.81. The number of aromatic nitrogens is 4. The monoisotopic (exact) mass is 535 g/mol. The lowest BCUT2D eigenvalue weighted by atomic mass is 9.94. The van der Waals surface area contributed by atoms with E-state index in [1.807, 2.05) is 70.8 Å². The molecule has 10 nitrogen and oxygen atoms in total. The highest BCUT2D eigenvalue weighted by Gasteiger charge is 2.34. The Morgan fingerprint density at radius 2 is 1.73 bits per heavy atom. The van der Waals surface area contributed by atoms with Crippen molar-refractivity contribution < 1.29 is 9.72 Å². The molecule has 1 fully saturated rings. The molecule has 0 radical (unpaired) electrons. The number of anilines is 1. The van der Waals surface area contributed by atoms with Crippen molar-refractivity contribution in [3.63, 3.8) is 0 Å². The van der Waals surface area contributed by atoms with Gasteiger partial charge in [-0.3, -0.25) is 14.9 Å². The van der Waals surface area contributed by atoms with E-state index < -0.39 is 4.92 Å². The fourth-order valence-corrected chi connectivity index (χ4v) is 5.68. The number of piperazine rings is 1. The maximum Gasteiger partial charge on any atom is 0.280 e. The first kappa shape index (κ1) is 25.4. The summed E-state index contributed by atoms with van der Waals surface area (Å²) in [4.78, 5) is 34.2. The Morgan fingerprint density at radius 1 is 1.00 bits per heavy atom. The molecule has 0 saturated carbocycles. The third-order valence-corrected chi connectivity index (χ3v) is 7.67. The van der Waals surface area contributed by atoms with E-state index in [1.54, 1.807) is 18.2 Å². The standard InChI is InChI=1S/C30H29N7O3/c1-3-22(21-11-5-4-6-12-21)29(38)35-18-17-34(19-20(35)2)30-31-25-15-9-7-13-23(25)27-32-33-28(36(27)30)24-14-8-10-16-26(24)37(39)40/h4-16,20,22H,3,17-19H2,1-2H3/t20-,22+/m0/s1. The first-order valence-electron chi connectivity index (χ1n) is 13.5. The molecular formula is C30H29N7O3. The van der Waals surface area contributed by atoms with Gasteiger partial charge >= 0.3 is 0 Å². The first-order valence-corrected chi connectivity index (χ1v) is 13.5. The van der Waals surface area contributed by atoms with Crippen LogP contribution in [0.1, 0.15) is 31.7 Å². The quantitative estimate of drug-likeness (QED) is 0.220. The number of nitrogens with zero attached hydrogens (tertiary/aromatic N) is 7. The number of fused-ring (bicyclic) bond motifs is 3. The van der Waals surface area contributed by atoms with Crippen LogP contribution in [-0.4, -0.2) is 61.0 Å². The predicted molar refractivity (Wildman–Crippen MR) is 153 cm³/mol. The lowest BCUT2D eigenvalue weighted by Crippen LogP contribution is -2.55. The largest absolute Gasteiger partial charge is 0.338 e. The number of nitro groups is 1. The summed E-state index contributed by atoms with van der Waals surface area (Å²) in [7, 11) is 0. The van der Waals surface area contributed by atoms with Crippen molar-refractivity contribution in [3.8, 4) is 11.4 Å². The van der Waals surface area contributed by atoms with Gasteiger partial charge in [0.15, 0.2) is 11.5 Å². The molecule has 40 heavy (non-hydrogen) atoms. The van der Waals surface area contributed by atoms with Crippen molar-refractivity contribution in [2.24, 2.45) is 0 Å². The molecule has 3 aromatic carbocycles. The minimum Gasteiger partial charge on any atom is -0.338 e. The summed E-state index contributed by atoms with van der Waals surface area (Å²) in [5.41, 5.74) is 2.68. The van der Waals surface area contributed by atoms with Gasteiger partial charge in [0.1, 0.15) is 0 Å². The molecule has 10 heteroatoms. The van der Waals surface area contributed by atoms with E-state index in [2.05, 4.69) is 22.0 Å². The molecule has 1 saturated heterocycles. The fraction of sp³-hybridized carbons (Fsp3) is 0.267. The number of amides is 1. The van der Waals surface area contributed by atoms with E-state index in [1.165, 1.54) is 6.07 Å². The molecule has 6 rings (SSSR count). The van der Waals surface area contributed by atoms with Crippen LogP contribution >= 0.6 is 0 Å². The van der Waals surface area contributed by atoms with E-state index in [0.717, 1.165) is 22.9 Å². The SMILES string of the molecule is CC[C@@H](C(=O)N1CCN(c2nc3ccccc3c3nnc(-c4ccccc4[N+](=O)[O-])n23)C[C@@H]1C)c1ccccc1. The van der Waals surface area contributed by atoms with Crippen molar-refractivity contribution in [2.45, 2.75) is 32.2 Å². The zero-order valence-electron chi connectivity index (χ0n) is 22.3. The van der Waals surface area contributed by atoms with Crippen molar-refractivity contribution in [1.29, 1.82) is 0 Å². The number of benzene rings is 3. The van der Waals surface area contributed by atoms with Gasteiger partial charge in [-0.05, 0) is 37.1 Å². The van der Waals surface area contributed by atoms with Gasteiger partial charge in [-0.15, -0.1) is 10.2 Å². The Labute approximate surface area is 231 Å². The molecule has 202 valence electrons. The fourth-order valence-electron chi connectivity index (χ4n) is 5.68. The Bertz CT molecular complexity index is 1720. The third kappa shape index (κ3) is 4.31. The summed E-state index contributed by atoms with van der Waals surface area (Å²) in [6.07, 6.45) is 0.725. The number of carbonyl (C=O) groups is 1. The minimum absolute atomic E-state index is 0.0498. The maximum absolute atomic E-state index is 13.7. The van der Waals surface area contributed by atoms with E-state index in [0.29, 0.717) is 42.6 Å². The first-order chi connectivity index (χ1) is 19.5. The molecule has 1 aliphatic heterocycles. The van der Waals surface area contributed by atoms with Gasteiger partial charge in [-0.1, -0.05) is 61.5 Å². The van der Waals surface area contributed by atoms with Crippen molar-refractivity contribution in [3.05, 3.63) is 94.5 Å². The van der Waals surface area contributed by atoms with Crippen LogP contribution in [0.15, 0.2) is 78.9 Å². The smallest absolute Gasteiger partial charge is 0.280 e. The molecule has 0 bridgehead atoms. The number of nitro benzene ring substituents is 1. The van der Waals surface area contributed by atoms with E-state index in [4.69, 9.17) is 4.98 Å². The second-order valence-corrected chi connectivity index (χ2v) is 10.1. The lowest BCUT2D eigenvalue weighted by Gasteiger charge is -2.41. The van der Waals surface area contributed by atoms with Gasteiger partial charge in [0, 0.05) is 37.1 Å². The molecule has 2 atom stereocenters.